The Kier molecular flexibility index (Phi) is 6.42. The third kappa shape index (κ3) is 6.14. The number of amides is 2. The molecule has 0 radical (unpaired) electrons. The number of aliphatic carboxylic acids is 2. The van der Waals surface area contributed by atoms with Crippen LogP contribution in [0.25, 0.3) is 0 Å². The number of hydrogen-bond donors (Lipinski definition) is 4. The van der Waals surface area contributed by atoms with Gasteiger partial charge < -0.3 is 20.8 Å². The van der Waals surface area contributed by atoms with Crippen LogP contribution in [0.3, 0.4) is 0 Å². The summed E-state index contributed by atoms with van der Waals surface area (Å²) < 4.78 is 0. The van der Waals surface area contributed by atoms with Gasteiger partial charge in [-0.25, -0.2) is 9.59 Å². The summed E-state index contributed by atoms with van der Waals surface area (Å²) in [6.45, 7) is 2.71. The number of rotatable bonds is 6. The first-order valence-corrected chi connectivity index (χ1v) is 6.74. The second-order valence-electron chi connectivity index (χ2n) is 4.82. The highest BCUT2D eigenvalue weighted by atomic mass is 16.4. The maximum absolute atomic E-state index is 11.8. The van der Waals surface area contributed by atoms with Crippen LogP contribution in [0.1, 0.15) is 13.8 Å². The summed E-state index contributed by atoms with van der Waals surface area (Å²) in [5.41, 5.74) is 0.709. The van der Waals surface area contributed by atoms with E-state index in [4.69, 9.17) is 10.2 Å². The third-order valence-electron chi connectivity index (χ3n) is 2.77. The molecule has 0 unspecified atom stereocenters. The first-order chi connectivity index (χ1) is 11.2. The normalized spacial score (nSPS) is 11.6. The lowest BCUT2D eigenvalue weighted by molar-refractivity contribution is -0.132. The highest BCUT2D eigenvalue weighted by molar-refractivity contribution is 6.08. The second kappa shape index (κ2) is 8.28. The zero-order valence-electron chi connectivity index (χ0n) is 13.0. The third-order valence-corrected chi connectivity index (χ3v) is 2.77. The molecule has 4 N–H and O–H groups in total. The van der Waals surface area contributed by atoms with E-state index < -0.39 is 23.8 Å². The number of carbonyl (C=O) groups excluding carboxylic acids is 2. The summed E-state index contributed by atoms with van der Waals surface area (Å²) in [4.78, 5) is 44.7. The van der Waals surface area contributed by atoms with Crippen molar-refractivity contribution in [3.8, 4) is 0 Å². The van der Waals surface area contributed by atoms with E-state index in [2.05, 4.69) is 10.6 Å². The minimum Gasteiger partial charge on any atom is -0.478 e. The fourth-order valence-electron chi connectivity index (χ4n) is 1.64. The molecule has 1 aromatic carbocycles. The lowest BCUT2D eigenvalue weighted by Gasteiger charge is -2.09. The summed E-state index contributed by atoms with van der Waals surface area (Å²) >= 11 is 0. The van der Waals surface area contributed by atoms with Gasteiger partial charge in [0, 0.05) is 34.7 Å². The fourth-order valence-corrected chi connectivity index (χ4v) is 1.64. The van der Waals surface area contributed by atoms with Gasteiger partial charge in [-0.2, -0.15) is 0 Å². The molecule has 0 fully saturated rings. The lowest BCUT2D eigenvalue weighted by Crippen LogP contribution is -2.15. The van der Waals surface area contributed by atoms with Gasteiger partial charge in [-0.05, 0) is 32.0 Å². The largest absolute Gasteiger partial charge is 0.478 e. The number of anilines is 2. The molecule has 2 amide bonds. The Labute approximate surface area is 137 Å². The van der Waals surface area contributed by atoms with Crippen molar-refractivity contribution in [1.82, 2.24) is 0 Å². The molecule has 0 aliphatic carbocycles. The minimum atomic E-state index is -1.23. The van der Waals surface area contributed by atoms with E-state index in [-0.39, 0.29) is 11.1 Å². The van der Waals surface area contributed by atoms with Gasteiger partial charge in [-0.1, -0.05) is 6.07 Å². The molecule has 0 spiro atoms. The van der Waals surface area contributed by atoms with Crippen LogP contribution in [-0.2, 0) is 19.2 Å². The Morgan fingerprint density at radius 3 is 1.54 bits per heavy atom. The van der Waals surface area contributed by atoms with Gasteiger partial charge in [0.2, 0.25) is 0 Å². The molecule has 126 valence electrons. The zero-order valence-corrected chi connectivity index (χ0v) is 13.0. The molecule has 0 aromatic heterocycles. The van der Waals surface area contributed by atoms with Gasteiger partial charge in [0.15, 0.2) is 0 Å². The van der Waals surface area contributed by atoms with Crippen molar-refractivity contribution in [3.63, 3.8) is 0 Å². The van der Waals surface area contributed by atoms with E-state index in [1.54, 1.807) is 18.2 Å². The molecule has 0 heterocycles. The summed E-state index contributed by atoms with van der Waals surface area (Å²) in [7, 11) is 0. The molecule has 1 rings (SSSR count). The molecule has 8 heteroatoms. The predicted molar refractivity (Wildman–Crippen MR) is 86.5 cm³/mol. The molecular formula is C16H16N2O6. The number of carboxylic acid groups (broad SMARTS) is 2. The van der Waals surface area contributed by atoms with Gasteiger partial charge in [-0.15, -0.1) is 0 Å². The SMILES string of the molecule is CC(=CC(=O)O)C(=O)Nc1cccc(NC(=O)C(C)=CC(=O)O)c1. The lowest BCUT2D eigenvalue weighted by atomic mass is 10.2. The summed E-state index contributed by atoms with van der Waals surface area (Å²) in [6.07, 6.45) is 1.56. The molecule has 0 aliphatic heterocycles. The Hall–Kier alpha value is -3.42. The maximum Gasteiger partial charge on any atom is 0.328 e. The van der Waals surface area contributed by atoms with E-state index in [9.17, 15) is 19.2 Å². The minimum absolute atomic E-state index is 0.0113. The van der Waals surface area contributed by atoms with E-state index in [0.29, 0.717) is 11.4 Å². The molecule has 0 bridgehead atoms. The number of benzene rings is 1. The van der Waals surface area contributed by atoms with Crippen molar-refractivity contribution in [3.05, 3.63) is 47.6 Å². The van der Waals surface area contributed by atoms with Gasteiger partial charge in [0.1, 0.15) is 0 Å². The number of nitrogens with one attached hydrogen (secondary N) is 2. The zero-order chi connectivity index (χ0) is 18.3. The van der Waals surface area contributed by atoms with Gasteiger partial charge in [0.05, 0.1) is 0 Å². The van der Waals surface area contributed by atoms with Gasteiger partial charge >= 0.3 is 11.9 Å². The Morgan fingerprint density at radius 1 is 0.833 bits per heavy atom. The molecule has 0 saturated heterocycles. The van der Waals surface area contributed by atoms with Crippen LogP contribution in [0.4, 0.5) is 11.4 Å². The monoisotopic (exact) mass is 332 g/mol. The Bertz CT molecular complexity index is 689. The van der Waals surface area contributed by atoms with Crippen molar-refractivity contribution < 1.29 is 29.4 Å². The van der Waals surface area contributed by atoms with Gasteiger partial charge in [0.25, 0.3) is 11.8 Å². The highest BCUT2D eigenvalue weighted by Gasteiger charge is 2.09. The molecular weight excluding hydrogens is 316 g/mol. The van der Waals surface area contributed by atoms with Crippen LogP contribution in [0.5, 0.6) is 0 Å². The standard InChI is InChI=1S/C16H16N2O6/c1-9(6-13(19)20)15(23)17-11-4-3-5-12(8-11)18-16(24)10(2)7-14(21)22/h3-8H,1-2H3,(H,17,23)(H,18,24)(H,19,20)(H,21,22). The summed E-state index contributed by atoms with van der Waals surface area (Å²) in [5.74, 6) is -3.65. The van der Waals surface area contributed by atoms with Crippen molar-refractivity contribution >= 4 is 35.1 Å². The molecule has 0 saturated carbocycles. The van der Waals surface area contributed by atoms with Crippen LogP contribution in [0, 0.1) is 0 Å². The maximum atomic E-state index is 11.8. The molecule has 8 nitrogen and oxygen atoms in total. The van der Waals surface area contributed by atoms with Crippen LogP contribution in [0.15, 0.2) is 47.6 Å². The Morgan fingerprint density at radius 2 is 1.21 bits per heavy atom. The quantitative estimate of drug-likeness (QED) is 0.585. The number of hydrogen-bond acceptors (Lipinski definition) is 4. The van der Waals surface area contributed by atoms with Crippen molar-refractivity contribution in [1.29, 1.82) is 0 Å². The fraction of sp³-hybridized carbons (Fsp3) is 0.125. The molecule has 0 atom stereocenters. The van der Waals surface area contributed by atoms with E-state index in [1.165, 1.54) is 19.9 Å². The van der Waals surface area contributed by atoms with Crippen LogP contribution < -0.4 is 10.6 Å². The number of carboxylic acids is 2. The van der Waals surface area contributed by atoms with E-state index in [0.717, 1.165) is 12.2 Å². The highest BCUT2D eigenvalue weighted by Crippen LogP contribution is 2.16. The topological polar surface area (TPSA) is 133 Å². The van der Waals surface area contributed by atoms with Crippen LogP contribution in [0.2, 0.25) is 0 Å². The molecule has 1 aromatic rings. The van der Waals surface area contributed by atoms with E-state index >= 15 is 0 Å². The average molecular weight is 332 g/mol. The van der Waals surface area contributed by atoms with E-state index in [1.807, 2.05) is 0 Å². The van der Waals surface area contributed by atoms with Crippen molar-refractivity contribution in [2.45, 2.75) is 13.8 Å². The molecule has 24 heavy (non-hydrogen) atoms. The second-order valence-corrected chi connectivity index (χ2v) is 4.82. The summed E-state index contributed by atoms with van der Waals surface area (Å²) in [6, 6.07) is 6.14. The number of carbonyl (C=O) groups is 4. The summed E-state index contributed by atoms with van der Waals surface area (Å²) in [5, 5.41) is 22.2. The average Bonchev–Trinajstić information content (AvgIpc) is 2.46. The Balaban J connectivity index is 2.84. The first-order valence-electron chi connectivity index (χ1n) is 6.74. The van der Waals surface area contributed by atoms with Crippen molar-refractivity contribution in [2.75, 3.05) is 10.6 Å². The first kappa shape index (κ1) is 18.6. The smallest absolute Gasteiger partial charge is 0.328 e. The van der Waals surface area contributed by atoms with Crippen molar-refractivity contribution in [2.24, 2.45) is 0 Å². The molecule has 0 aliphatic rings. The predicted octanol–water partition coefficient (Wildman–Crippen LogP) is 1.63. The van der Waals surface area contributed by atoms with Crippen LogP contribution in [-0.4, -0.2) is 34.0 Å². The van der Waals surface area contributed by atoms with Gasteiger partial charge in [-0.3, -0.25) is 9.59 Å². The van der Waals surface area contributed by atoms with Crippen LogP contribution >= 0.6 is 0 Å².